The van der Waals surface area contributed by atoms with E-state index in [-0.39, 0.29) is 18.2 Å². The average Bonchev–Trinajstić information content (AvgIpc) is 2.94. The second kappa shape index (κ2) is 6.38. The maximum atomic E-state index is 12.5. The van der Waals surface area contributed by atoms with Gasteiger partial charge in [0.2, 0.25) is 5.09 Å². The molecule has 7 heteroatoms. The number of hydrogen-bond donors (Lipinski definition) is 1. The molecule has 0 aliphatic carbocycles. The van der Waals surface area contributed by atoms with Gasteiger partial charge in [-0.15, -0.1) is 0 Å². The summed E-state index contributed by atoms with van der Waals surface area (Å²) in [5.41, 5.74) is 6.99. The second-order valence-corrected chi connectivity index (χ2v) is 6.50. The number of furan rings is 1. The number of hydrogen-bond acceptors (Lipinski definition) is 5. The molecule has 0 bridgehead atoms. The van der Waals surface area contributed by atoms with Crippen LogP contribution in [0.2, 0.25) is 0 Å². The Morgan fingerprint density at radius 2 is 2.05 bits per heavy atom. The topological polar surface area (TPSA) is 89.4 Å². The van der Waals surface area contributed by atoms with Crippen LogP contribution in [0.25, 0.3) is 0 Å². The molecule has 2 aromatic heterocycles. The molecule has 0 aromatic carbocycles. The SMILES string of the molecule is CCN(Cc1cccc(C)n1)S(=O)(=O)c1ccc(CN)o1. The van der Waals surface area contributed by atoms with Gasteiger partial charge in [0.05, 0.1) is 18.8 Å². The summed E-state index contributed by atoms with van der Waals surface area (Å²) in [7, 11) is -3.68. The summed E-state index contributed by atoms with van der Waals surface area (Å²) in [4.78, 5) is 4.33. The highest BCUT2D eigenvalue weighted by molar-refractivity contribution is 7.89. The van der Waals surface area contributed by atoms with Gasteiger partial charge in [0.1, 0.15) is 5.76 Å². The predicted molar refractivity (Wildman–Crippen MR) is 78.8 cm³/mol. The normalized spacial score (nSPS) is 12.0. The van der Waals surface area contributed by atoms with Gasteiger partial charge in [-0.1, -0.05) is 13.0 Å². The standard InChI is InChI=1S/C14H19N3O3S/c1-3-17(10-12-6-4-5-11(2)16-12)21(18,19)14-8-7-13(9-15)20-14/h4-8H,3,9-10,15H2,1-2H3. The highest BCUT2D eigenvalue weighted by Gasteiger charge is 2.27. The Morgan fingerprint density at radius 1 is 1.29 bits per heavy atom. The first-order valence-corrected chi connectivity index (χ1v) is 8.13. The fraction of sp³-hybridized carbons (Fsp3) is 0.357. The average molecular weight is 309 g/mol. The number of nitrogens with zero attached hydrogens (tertiary/aromatic N) is 2. The summed E-state index contributed by atoms with van der Waals surface area (Å²) in [6.07, 6.45) is 0. The molecule has 0 amide bonds. The van der Waals surface area contributed by atoms with Crippen molar-refractivity contribution in [2.45, 2.75) is 32.0 Å². The Hall–Kier alpha value is -1.70. The summed E-state index contributed by atoms with van der Waals surface area (Å²) >= 11 is 0. The largest absolute Gasteiger partial charge is 0.447 e. The van der Waals surface area contributed by atoms with Gasteiger partial charge < -0.3 is 10.2 Å². The van der Waals surface area contributed by atoms with Crippen LogP contribution in [-0.2, 0) is 23.1 Å². The van der Waals surface area contributed by atoms with Crippen LogP contribution >= 0.6 is 0 Å². The Kier molecular flexibility index (Phi) is 4.76. The monoisotopic (exact) mass is 309 g/mol. The third kappa shape index (κ3) is 3.49. The summed E-state index contributed by atoms with van der Waals surface area (Å²) in [5, 5.41) is -0.0857. The zero-order valence-electron chi connectivity index (χ0n) is 12.1. The van der Waals surface area contributed by atoms with Crippen LogP contribution in [0.3, 0.4) is 0 Å². The van der Waals surface area contributed by atoms with Crippen molar-refractivity contribution in [2.75, 3.05) is 6.54 Å². The molecule has 0 atom stereocenters. The molecule has 6 nitrogen and oxygen atoms in total. The Labute approximate surface area is 124 Å². The van der Waals surface area contributed by atoms with E-state index < -0.39 is 10.0 Å². The van der Waals surface area contributed by atoms with Gasteiger partial charge in [0.15, 0.2) is 0 Å². The fourth-order valence-electron chi connectivity index (χ4n) is 1.97. The van der Waals surface area contributed by atoms with Gasteiger partial charge in [-0.05, 0) is 31.2 Å². The molecule has 21 heavy (non-hydrogen) atoms. The molecular weight excluding hydrogens is 290 g/mol. The molecule has 0 radical (unpaired) electrons. The Morgan fingerprint density at radius 3 is 2.62 bits per heavy atom. The van der Waals surface area contributed by atoms with Crippen LogP contribution in [0.4, 0.5) is 0 Å². The zero-order chi connectivity index (χ0) is 15.5. The minimum absolute atomic E-state index is 0.0857. The lowest BCUT2D eigenvalue weighted by molar-refractivity contribution is 0.370. The van der Waals surface area contributed by atoms with Crippen molar-refractivity contribution in [1.82, 2.24) is 9.29 Å². The highest BCUT2D eigenvalue weighted by atomic mass is 32.2. The van der Waals surface area contributed by atoms with Crippen molar-refractivity contribution in [3.05, 3.63) is 47.5 Å². The van der Waals surface area contributed by atoms with E-state index in [0.717, 1.165) is 5.69 Å². The number of pyridine rings is 1. The van der Waals surface area contributed by atoms with Gasteiger partial charge in [-0.25, -0.2) is 8.42 Å². The minimum atomic E-state index is -3.68. The third-order valence-corrected chi connectivity index (χ3v) is 4.86. The molecule has 2 aromatic rings. The minimum Gasteiger partial charge on any atom is -0.447 e. The lowest BCUT2D eigenvalue weighted by Gasteiger charge is -2.18. The van der Waals surface area contributed by atoms with E-state index in [1.54, 1.807) is 19.1 Å². The van der Waals surface area contributed by atoms with Crippen molar-refractivity contribution in [3.8, 4) is 0 Å². The fourth-order valence-corrected chi connectivity index (χ4v) is 3.32. The summed E-state index contributed by atoms with van der Waals surface area (Å²) in [6.45, 7) is 4.35. The van der Waals surface area contributed by atoms with Crippen molar-refractivity contribution in [3.63, 3.8) is 0 Å². The van der Waals surface area contributed by atoms with Crippen LogP contribution < -0.4 is 5.73 Å². The number of aryl methyl sites for hydroxylation is 1. The number of aromatic nitrogens is 1. The molecule has 2 N–H and O–H groups in total. The van der Waals surface area contributed by atoms with E-state index in [1.807, 2.05) is 19.1 Å². The molecule has 2 rings (SSSR count). The maximum absolute atomic E-state index is 12.5. The molecule has 2 heterocycles. The van der Waals surface area contributed by atoms with E-state index >= 15 is 0 Å². The predicted octanol–water partition coefficient (Wildman–Crippen LogP) is 1.65. The molecule has 0 fully saturated rings. The lowest BCUT2D eigenvalue weighted by Crippen LogP contribution is -2.30. The Balaban J connectivity index is 2.27. The summed E-state index contributed by atoms with van der Waals surface area (Å²) < 4.78 is 31.7. The molecule has 0 aliphatic rings. The smallest absolute Gasteiger partial charge is 0.276 e. The van der Waals surface area contributed by atoms with E-state index in [1.165, 1.54) is 10.4 Å². The van der Waals surface area contributed by atoms with Crippen LogP contribution in [0.15, 0.2) is 39.8 Å². The second-order valence-electron chi connectivity index (χ2n) is 4.63. The van der Waals surface area contributed by atoms with Crippen molar-refractivity contribution in [2.24, 2.45) is 5.73 Å². The maximum Gasteiger partial charge on any atom is 0.276 e. The quantitative estimate of drug-likeness (QED) is 0.876. The van der Waals surface area contributed by atoms with E-state index in [4.69, 9.17) is 10.2 Å². The number of nitrogens with two attached hydrogens (primary N) is 1. The number of rotatable bonds is 6. The summed E-state index contributed by atoms with van der Waals surface area (Å²) in [6, 6.07) is 8.54. The zero-order valence-corrected chi connectivity index (χ0v) is 12.9. The van der Waals surface area contributed by atoms with E-state index in [9.17, 15) is 8.42 Å². The lowest BCUT2D eigenvalue weighted by atomic mass is 10.3. The van der Waals surface area contributed by atoms with Gasteiger partial charge in [-0.2, -0.15) is 4.31 Å². The molecule has 0 saturated carbocycles. The Bertz CT molecular complexity index is 710. The first-order valence-electron chi connectivity index (χ1n) is 6.69. The summed E-state index contributed by atoms with van der Waals surface area (Å²) in [5.74, 6) is 0.443. The van der Waals surface area contributed by atoms with Crippen molar-refractivity contribution < 1.29 is 12.8 Å². The van der Waals surface area contributed by atoms with Gasteiger partial charge >= 0.3 is 0 Å². The molecule has 114 valence electrons. The molecule has 0 unspecified atom stereocenters. The van der Waals surface area contributed by atoms with Gasteiger partial charge in [0, 0.05) is 12.2 Å². The van der Waals surface area contributed by atoms with Crippen LogP contribution in [-0.4, -0.2) is 24.3 Å². The van der Waals surface area contributed by atoms with Crippen molar-refractivity contribution in [1.29, 1.82) is 0 Å². The first-order chi connectivity index (χ1) is 9.97. The number of sulfonamides is 1. The van der Waals surface area contributed by atoms with Crippen LogP contribution in [0, 0.1) is 6.92 Å². The highest BCUT2D eigenvalue weighted by Crippen LogP contribution is 2.20. The molecule has 0 aliphatic heterocycles. The molecule has 0 spiro atoms. The molecule has 0 saturated heterocycles. The van der Waals surface area contributed by atoms with Gasteiger partial charge in [0.25, 0.3) is 10.0 Å². The van der Waals surface area contributed by atoms with E-state index in [2.05, 4.69) is 4.98 Å². The van der Waals surface area contributed by atoms with Gasteiger partial charge in [-0.3, -0.25) is 4.98 Å². The van der Waals surface area contributed by atoms with Crippen LogP contribution in [0.5, 0.6) is 0 Å². The van der Waals surface area contributed by atoms with Crippen LogP contribution in [0.1, 0.15) is 24.1 Å². The third-order valence-electron chi connectivity index (χ3n) is 3.07. The van der Waals surface area contributed by atoms with E-state index in [0.29, 0.717) is 18.0 Å². The first kappa shape index (κ1) is 15.7. The molecular formula is C14H19N3O3S. The van der Waals surface area contributed by atoms with Crippen molar-refractivity contribution >= 4 is 10.0 Å².